The quantitative estimate of drug-likeness (QED) is 0.634. The Kier molecular flexibility index (Phi) is 5.11. The van der Waals surface area contributed by atoms with E-state index in [1.165, 1.54) is 0 Å². The molecule has 104 valence electrons. The first-order valence-corrected chi connectivity index (χ1v) is 7.19. The van der Waals surface area contributed by atoms with E-state index in [2.05, 4.69) is 0 Å². The molecule has 6 heteroatoms. The van der Waals surface area contributed by atoms with Crippen molar-refractivity contribution in [1.82, 2.24) is 0 Å². The van der Waals surface area contributed by atoms with Crippen molar-refractivity contribution in [3.8, 4) is 5.75 Å². The zero-order chi connectivity index (χ0) is 14.7. The summed E-state index contributed by atoms with van der Waals surface area (Å²) in [5.74, 6) is 0.576. The van der Waals surface area contributed by atoms with E-state index in [1.54, 1.807) is 24.3 Å². The summed E-state index contributed by atoms with van der Waals surface area (Å²) in [6.45, 7) is 0.178. The van der Waals surface area contributed by atoms with Gasteiger partial charge in [-0.3, -0.25) is 0 Å². The average Bonchev–Trinajstić information content (AvgIpc) is 2.43. The molecule has 2 aromatic carbocycles. The van der Waals surface area contributed by atoms with Crippen molar-refractivity contribution in [2.45, 2.75) is 6.61 Å². The molecule has 0 saturated heterocycles. The third-order valence-electron chi connectivity index (χ3n) is 2.66. The number of rotatable bonds is 4. The second-order valence-electron chi connectivity index (χ2n) is 3.97. The molecule has 2 N–H and O–H groups in total. The van der Waals surface area contributed by atoms with Crippen LogP contribution in [0.15, 0.2) is 36.4 Å². The number of thiocarbonyl (C=S) groups is 1. The van der Waals surface area contributed by atoms with E-state index in [4.69, 9.17) is 57.5 Å². The highest BCUT2D eigenvalue weighted by atomic mass is 35.5. The van der Waals surface area contributed by atoms with Gasteiger partial charge < -0.3 is 10.5 Å². The van der Waals surface area contributed by atoms with Gasteiger partial charge in [-0.15, -0.1) is 0 Å². The molecule has 0 aliphatic carbocycles. The molecule has 2 rings (SSSR count). The summed E-state index contributed by atoms with van der Waals surface area (Å²) in [4.78, 5) is 0.267. The minimum atomic E-state index is 0.178. The van der Waals surface area contributed by atoms with Gasteiger partial charge in [0.2, 0.25) is 0 Å². The molecular formula is C14H10Cl3NOS. The van der Waals surface area contributed by atoms with Gasteiger partial charge >= 0.3 is 0 Å². The van der Waals surface area contributed by atoms with Crippen LogP contribution < -0.4 is 10.5 Å². The summed E-state index contributed by atoms with van der Waals surface area (Å²) in [5, 5.41) is 1.30. The third kappa shape index (κ3) is 3.36. The highest BCUT2D eigenvalue weighted by Crippen LogP contribution is 2.32. The van der Waals surface area contributed by atoms with Crippen molar-refractivity contribution in [2.24, 2.45) is 5.73 Å². The Hall–Kier alpha value is -1.000. The first-order valence-electron chi connectivity index (χ1n) is 5.64. The predicted molar refractivity (Wildman–Crippen MR) is 88.1 cm³/mol. The summed E-state index contributed by atoms with van der Waals surface area (Å²) < 4.78 is 5.71. The van der Waals surface area contributed by atoms with Crippen molar-refractivity contribution in [1.29, 1.82) is 0 Å². The van der Waals surface area contributed by atoms with Crippen molar-refractivity contribution in [3.05, 3.63) is 62.6 Å². The SMILES string of the molecule is NC(=S)c1ccccc1OCc1c(Cl)ccc(Cl)c1Cl. The maximum Gasteiger partial charge on any atom is 0.129 e. The summed E-state index contributed by atoms with van der Waals surface area (Å²) in [6.07, 6.45) is 0. The van der Waals surface area contributed by atoms with Gasteiger partial charge in [-0.1, -0.05) is 59.2 Å². The Balaban J connectivity index is 2.26. The molecule has 0 spiro atoms. The fraction of sp³-hybridized carbons (Fsp3) is 0.0714. The highest BCUT2D eigenvalue weighted by molar-refractivity contribution is 7.80. The lowest BCUT2D eigenvalue weighted by atomic mass is 10.2. The second kappa shape index (κ2) is 6.64. The van der Waals surface area contributed by atoms with Crippen LogP contribution in [0.4, 0.5) is 0 Å². The molecule has 0 aliphatic heterocycles. The van der Waals surface area contributed by atoms with Crippen LogP contribution in [0.5, 0.6) is 5.75 Å². The van der Waals surface area contributed by atoms with Crippen LogP contribution in [0.25, 0.3) is 0 Å². The summed E-state index contributed by atoms with van der Waals surface area (Å²) in [7, 11) is 0. The van der Waals surface area contributed by atoms with Crippen molar-refractivity contribution in [3.63, 3.8) is 0 Å². The number of halogens is 3. The van der Waals surface area contributed by atoms with Crippen molar-refractivity contribution < 1.29 is 4.74 Å². The van der Waals surface area contributed by atoms with Crippen LogP contribution in [-0.2, 0) is 6.61 Å². The van der Waals surface area contributed by atoms with Crippen LogP contribution in [0.3, 0.4) is 0 Å². The first kappa shape index (κ1) is 15.4. The topological polar surface area (TPSA) is 35.2 Å². The Labute approximate surface area is 137 Å². The van der Waals surface area contributed by atoms with Gasteiger partial charge in [0.05, 0.1) is 15.6 Å². The Morgan fingerprint density at radius 1 is 1.05 bits per heavy atom. The molecule has 20 heavy (non-hydrogen) atoms. The maximum atomic E-state index is 6.12. The van der Waals surface area contributed by atoms with E-state index in [0.717, 1.165) is 0 Å². The van der Waals surface area contributed by atoms with E-state index in [1.807, 2.05) is 12.1 Å². The van der Waals surface area contributed by atoms with Gasteiger partial charge in [-0.2, -0.15) is 0 Å². The van der Waals surface area contributed by atoms with E-state index < -0.39 is 0 Å². The van der Waals surface area contributed by atoms with Crippen molar-refractivity contribution >= 4 is 52.0 Å². The number of ether oxygens (including phenoxy) is 1. The third-order valence-corrected chi connectivity index (χ3v) is 4.08. The van der Waals surface area contributed by atoms with Gasteiger partial charge in [0.1, 0.15) is 17.3 Å². The minimum Gasteiger partial charge on any atom is -0.488 e. The summed E-state index contributed by atoms with van der Waals surface area (Å²) in [6, 6.07) is 10.5. The molecule has 0 amide bonds. The summed E-state index contributed by atoms with van der Waals surface area (Å²) in [5.41, 5.74) is 6.93. The Morgan fingerprint density at radius 2 is 1.70 bits per heavy atom. The lowest BCUT2D eigenvalue weighted by Crippen LogP contribution is -2.11. The minimum absolute atomic E-state index is 0.178. The molecule has 2 aromatic rings. The molecular weight excluding hydrogens is 337 g/mol. The zero-order valence-electron chi connectivity index (χ0n) is 10.2. The first-order chi connectivity index (χ1) is 9.50. The predicted octanol–water partition coefficient (Wildman–Crippen LogP) is 4.86. The van der Waals surface area contributed by atoms with E-state index >= 15 is 0 Å². The van der Waals surface area contributed by atoms with Crippen LogP contribution in [0.1, 0.15) is 11.1 Å². The molecule has 0 atom stereocenters. The largest absolute Gasteiger partial charge is 0.488 e. The van der Waals surface area contributed by atoms with Crippen LogP contribution in [0, 0.1) is 0 Å². The lowest BCUT2D eigenvalue weighted by molar-refractivity contribution is 0.306. The number of hydrogen-bond acceptors (Lipinski definition) is 2. The van der Waals surface area contributed by atoms with E-state index in [-0.39, 0.29) is 11.6 Å². The Morgan fingerprint density at radius 3 is 2.40 bits per heavy atom. The fourth-order valence-electron chi connectivity index (χ4n) is 1.65. The van der Waals surface area contributed by atoms with Gasteiger partial charge in [-0.25, -0.2) is 0 Å². The average molecular weight is 347 g/mol. The van der Waals surface area contributed by atoms with Crippen molar-refractivity contribution in [2.75, 3.05) is 0 Å². The lowest BCUT2D eigenvalue weighted by Gasteiger charge is -2.13. The van der Waals surface area contributed by atoms with Gasteiger partial charge in [-0.05, 0) is 24.3 Å². The van der Waals surface area contributed by atoms with Gasteiger partial charge in [0.25, 0.3) is 0 Å². The van der Waals surface area contributed by atoms with Crippen LogP contribution >= 0.6 is 47.0 Å². The molecule has 0 radical (unpaired) electrons. The second-order valence-corrected chi connectivity index (χ2v) is 5.60. The highest BCUT2D eigenvalue weighted by Gasteiger charge is 2.12. The number of hydrogen-bond donors (Lipinski definition) is 1. The standard InChI is InChI=1S/C14H10Cl3NOS/c15-10-5-6-11(16)13(17)9(10)7-19-12-4-2-1-3-8(12)14(18)20/h1-6H,7H2,(H2,18,20). The monoisotopic (exact) mass is 345 g/mol. The maximum absolute atomic E-state index is 6.12. The molecule has 0 bridgehead atoms. The smallest absolute Gasteiger partial charge is 0.129 e. The summed E-state index contributed by atoms with van der Waals surface area (Å²) >= 11 is 23.2. The molecule has 0 heterocycles. The molecule has 0 saturated carbocycles. The number of para-hydroxylation sites is 1. The van der Waals surface area contributed by atoms with E-state index in [0.29, 0.717) is 31.9 Å². The van der Waals surface area contributed by atoms with E-state index in [9.17, 15) is 0 Å². The van der Waals surface area contributed by atoms with Gasteiger partial charge in [0.15, 0.2) is 0 Å². The van der Waals surface area contributed by atoms with Crippen LogP contribution in [-0.4, -0.2) is 4.99 Å². The number of benzene rings is 2. The number of nitrogens with two attached hydrogens (primary N) is 1. The molecule has 2 nitrogen and oxygen atoms in total. The van der Waals surface area contributed by atoms with Crippen LogP contribution in [0.2, 0.25) is 15.1 Å². The Bertz CT molecular complexity index is 661. The fourth-order valence-corrected chi connectivity index (χ4v) is 2.47. The normalized spacial score (nSPS) is 10.3. The van der Waals surface area contributed by atoms with Gasteiger partial charge in [0, 0.05) is 10.6 Å². The molecule has 0 aromatic heterocycles. The zero-order valence-corrected chi connectivity index (χ0v) is 13.3. The molecule has 0 aliphatic rings. The molecule has 0 unspecified atom stereocenters. The molecule has 0 fully saturated rings.